The molecule has 2 aromatic carbocycles. The molecule has 3 aromatic heterocycles. The van der Waals surface area contributed by atoms with Crippen molar-refractivity contribution in [3.05, 3.63) is 77.7 Å². The second kappa shape index (κ2) is 9.69. The van der Waals surface area contributed by atoms with Crippen LogP contribution in [0.25, 0.3) is 27.5 Å². The Balaban J connectivity index is 1.12. The first kappa shape index (κ1) is 23.2. The number of H-pyrrole nitrogens is 1. The molecule has 0 aliphatic carbocycles. The number of piperidine rings is 1. The van der Waals surface area contributed by atoms with Gasteiger partial charge in [0.2, 0.25) is 5.91 Å². The molecule has 1 amide bonds. The summed E-state index contributed by atoms with van der Waals surface area (Å²) >= 11 is 0. The van der Waals surface area contributed by atoms with E-state index < -0.39 is 0 Å². The Kier molecular flexibility index (Phi) is 6.08. The minimum atomic E-state index is 0.0109. The maximum absolute atomic E-state index is 12.9. The van der Waals surface area contributed by atoms with E-state index >= 15 is 0 Å². The molecule has 6 rings (SSSR count). The van der Waals surface area contributed by atoms with Crippen molar-refractivity contribution in [2.75, 3.05) is 24.5 Å². The lowest BCUT2D eigenvalue weighted by molar-refractivity contribution is -0.125. The smallest absolute Gasteiger partial charge is 0.223 e. The van der Waals surface area contributed by atoms with E-state index in [4.69, 9.17) is 5.10 Å². The van der Waals surface area contributed by atoms with Crippen LogP contribution in [0.2, 0.25) is 0 Å². The van der Waals surface area contributed by atoms with Gasteiger partial charge in [0.25, 0.3) is 0 Å². The fraction of sp³-hybridized carbons (Fsp3) is 0.310. The van der Waals surface area contributed by atoms with Crippen LogP contribution < -0.4 is 10.2 Å². The number of hydrogen-bond acceptors (Lipinski definition) is 5. The van der Waals surface area contributed by atoms with Crippen molar-refractivity contribution < 1.29 is 4.79 Å². The minimum absolute atomic E-state index is 0.0109. The summed E-state index contributed by atoms with van der Waals surface area (Å²) in [6, 6.07) is 18.4. The van der Waals surface area contributed by atoms with E-state index in [1.165, 1.54) is 10.9 Å². The molecule has 8 heteroatoms. The number of rotatable bonds is 6. The number of carbonyl (C=O) groups excluding carboxylic acids is 1. The predicted octanol–water partition coefficient (Wildman–Crippen LogP) is 4.49. The number of carbonyl (C=O) groups is 1. The summed E-state index contributed by atoms with van der Waals surface area (Å²) < 4.78 is 1.97. The summed E-state index contributed by atoms with van der Waals surface area (Å²) in [6.07, 6.45) is 4.43. The monoisotopic (exact) mass is 493 g/mol. The van der Waals surface area contributed by atoms with Crippen molar-refractivity contribution in [1.82, 2.24) is 30.3 Å². The molecule has 0 spiro atoms. The lowest BCUT2D eigenvalue weighted by Crippen LogP contribution is -2.41. The first-order chi connectivity index (χ1) is 18.1. The Hall–Kier alpha value is -4.20. The Morgan fingerprint density at radius 1 is 1.03 bits per heavy atom. The molecule has 1 aliphatic heterocycles. The lowest BCUT2D eigenvalue weighted by atomic mass is 9.95. The number of aryl methyl sites for hydroxylation is 2. The molecule has 0 unspecified atom stereocenters. The number of para-hydroxylation sites is 2. The first-order valence-corrected chi connectivity index (χ1v) is 13.0. The van der Waals surface area contributed by atoms with Crippen LogP contribution in [0.3, 0.4) is 0 Å². The number of nitrogens with zero attached hydrogens (tertiary/aromatic N) is 5. The largest absolute Gasteiger partial charge is 0.361 e. The molecule has 0 radical (unpaired) electrons. The average Bonchev–Trinajstić information content (AvgIpc) is 3.51. The molecule has 37 heavy (non-hydrogen) atoms. The van der Waals surface area contributed by atoms with Crippen LogP contribution in [0, 0.1) is 19.8 Å². The van der Waals surface area contributed by atoms with Crippen LogP contribution in [-0.4, -0.2) is 50.5 Å². The number of benzene rings is 2. The number of aromatic amines is 1. The summed E-state index contributed by atoms with van der Waals surface area (Å²) in [7, 11) is 0. The molecular weight excluding hydrogens is 462 g/mol. The van der Waals surface area contributed by atoms with Crippen LogP contribution in [0.15, 0.2) is 60.8 Å². The fourth-order valence-corrected chi connectivity index (χ4v) is 5.50. The van der Waals surface area contributed by atoms with Crippen molar-refractivity contribution in [2.24, 2.45) is 5.92 Å². The molecular formula is C29H31N7O. The van der Waals surface area contributed by atoms with Gasteiger partial charge in [-0.1, -0.05) is 36.4 Å². The van der Waals surface area contributed by atoms with E-state index in [9.17, 15) is 4.79 Å². The molecule has 1 aliphatic rings. The van der Waals surface area contributed by atoms with Gasteiger partial charge in [-0.15, -0.1) is 5.10 Å². The number of aromatic nitrogens is 5. The predicted molar refractivity (Wildman–Crippen MR) is 146 cm³/mol. The maximum Gasteiger partial charge on any atom is 0.223 e. The summed E-state index contributed by atoms with van der Waals surface area (Å²) in [5, 5.41) is 19.4. The minimum Gasteiger partial charge on any atom is -0.361 e. The zero-order valence-electron chi connectivity index (χ0n) is 21.2. The normalized spacial score (nSPS) is 14.5. The van der Waals surface area contributed by atoms with Gasteiger partial charge in [0.1, 0.15) is 5.52 Å². The van der Waals surface area contributed by atoms with Crippen molar-refractivity contribution in [3.63, 3.8) is 0 Å². The van der Waals surface area contributed by atoms with Gasteiger partial charge in [-0.05, 0) is 56.9 Å². The van der Waals surface area contributed by atoms with Gasteiger partial charge in [0.15, 0.2) is 5.82 Å². The third-order valence-corrected chi connectivity index (χ3v) is 7.52. The lowest BCUT2D eigenvalue weighted by Gasteiger charge is -2.32. The molecule has 0 atom stereocenters. The zero-order chi connectivity index (χ0) is 25.4. The van der Waals surface area contributed by atoms with E-state index in [1.807, 2.05) is 48.1 Å². The molecule has 188 valence electrons. The number of hydrogen-bond donors (Lipinski definition) is 2. The third-order valence-electron chi connectivity index (χ3n) is 7.52. The zero-order valence-corrected chi connectivity index (χ0v) is 21.2. The highest BCUT2D eigenvalue weighted by molar-refractivity contribution is 5.92. The second-order valence-electron chi connectivity index (χ2n) is 9.83. The molecule has 0 saturated carbocycles. The van der Waals surface area contributed by atoms with E-state index in [0.717, 1.165) is 71.7 Å². The average molecular weight is 494 g/mol. The number of anilines is 1. The van der Waals surface area contributed by atoms with E-state index in [2.05, 4.69) is 56.6 Å². The molecule has 1 saturated heterocycles. The second-order valence-corrected chi connectivity index (χ2v) is 9.83. The quantitative estimate of drug-likeness (QED) is 0.364. The topological polar surface area (TPSA) is 91.7 Å². The number of amides is 1. The third kappa shape index (κ3) is 4.33. The fourth-order valence-electron chi connectivity index (χ4n) is 5.50. The Labute approximate surface area is 215 Å². The van der Waals surface area contributed by atoms with Crippen molar-refractivity contribution in [3.8, 4) is 5.69 Å². The van der Waals surface area contributed by atoms with Crippen molar-refractivity contribution >= 4 is 33.5 Å². The number of fused-ring (bicyclic) bond motifs is 2. The van der Waals surface area contributed by atoms with Crippen LogP contribution in [0.1, 0.15) is 29.8 Å². The maximum atomic E-state index is 12.9. The molecule has 4 heterocycles. The van der Waals surface area contributed by atoms with Crippen LogP contribution in [0.5, 0.6) is 0 Å². The van der Waals surface area contributed by atoms with Crippen LogP contribution in [-0.2, 0) is 11.2 Å². The van der Waals surface area contributed by atoms with Crippen molar-refractivity contribution in [2.45, 2.75) is 33.1 Å². The molecule has 2 N–H and O–H groups in total. The van der Waals surface area contributed by atoms with E-state index in [1.54, 1.807) is 0 Å². The summed E-state index contributed by atoms with van der Waals surface area (Å²) in [4.78, 5) is 18.4. The summed E-state index contributed by atoms with van der Waals surface area (Å²) in [5.41, 5.74) is 6.19. The Morgan fingerprint density at radius 3 is 2.59 bits per heavy atom. The highest BCUT2D eigenvalue weighted by atomic mass is 16.1. The van der Waals surface area contributed by atoms with E-state index in [0.29, 0.717) is 6.54 Å². The standard InChI is InChI=1S/C29H31N7O/c1-19-26-20(2)36(23-8-4-3-5-9-23)34-27(26)28(33-32-19)35-16-13-21(14-17-35)29(37)30-15-12-22-18-31-25-11-7-6-10-24(22)25/h3-11,18,21,31H,12-17H2,1-2H3,(H,30,37). The van der Waals surface area contributed by atoms with Gasteiger partial charge in [0.05, 0.1) is 22.5 Å². The first-order valence-electron chi connectivity index (χ1n) is 13.0. The van der Waals surface area contributed by atoms with Gasteiger partial charge in [-0.2, -0.15) is 10.2 Å². The van der Waals surface area contributed by atoms with E-state index in [-0.39, 0.29) is 11.8 Å². The number of nitrogens with one attached hydrogen (secondary N) is 2. The summed E-state index contributed by atoms with van der Waals surface area (Å²) in [5.74, 6) is 0.956. The molecule has 1 fully saturated rings. The van der Waals surface area contributed by atoms with Gasteiger partial charge >= 0.3 is 0 Å². The summed E-state index contributed by atoms with van der Waals surface area (Å²) in [6.45, 7) is 6.21. The molecule has 5 aromatic rings. The van der Waals surface area contributed by atoms with Crippen LogP contribution >= 0.6 is 0 Å². The Morgan fingerprint density at radius 2 is 1.78 bits per heavy atom. The SMILES string of the molecule is Cc1nnc(N2CCC(C(=O)NCCc3c[nH]c4ccccc34)CC2)c2nn(-c3ccccc3)c(C)c12. The van der Waals surface area contributed by atoms with Gasteiger partial charge < -0.3 is 15.2 Å². The van der Waals surface area contributed by atoms with Gasteiger partial charge in [-0.25, -0.2) is 4.68 Å². The van der Waals surface area contributed by atoms with Gasteiger partial charge in [-0.3, -0.25) is 4.79 Å². The van der Waals surface area contributed by atoms with Crippen molar-refractivity contribution in [1.29, 1.82) is 0 Å². The molecule has 0 bridgehead atoms. The van der Waals surface area contributed by atoms with Crippen LogP contribution in [0.4, 0.5) is 5.82 Å². The van der Waals surface area contributed by atoms with Gasteiger partial charge in [0, 0.05) is 42.7 Å². The highest BCUT2D eigenvalue weighted by Gasteiger charge is 2.28. The molecule has 8 nitrogen and oxygen atoms in total. The highest BCUT2D eigenvalue weighted by Crippen LogP contribution is 2.31. The Bertz CT molecular complexity index is 1560.